The third kappa shape index (κ3) is 3.17. The van der Waals surface area contributed by atoms with Crippen LogP contribution in [0.3, 0.4) is 0 Å². The van der Waals surface area contributed by atoms with Gasteiger partial charge in [0.2, 0.25) is 0 Å². The van der Waals surface area contributed by atoms with Gasteiger partial charge in [-0.3, -0.25) is 4.79 Å². The lowest BCUT2D eigenvalue weighted by molar-refractivity contribution is 0.0680. The highest BCUT2D eigenvalue weighted by Crippen LogP contribution is 2.36. The molecule has 0 aliphatic carbocycles. The normalized spacial score (nSPS) is 16.9. The topological polar surface area (TPSA) is 32.3 Å². The molecule has 0 saturated heterocycles. The van der Waals surface area contributed by atoms with Crippen molar-refractivity contribution in [3.05, 3.63) is 63.6 Å². The molecular formula is C18H18Cl2N2O. The summed E-state index contributed by atoms with van der Waals surface area (Å²) in [5.74, 6) is 0.0313. The first kappa shape index (κ1) is 16.2. The van der Waals surface area contributed by atoms with Gasteiger partial charge in [0, 0.05) is 27.8 Å². The number of unbranched alkanes of at least 4 members (excludes halogenated alkanes) is 1. The van der Waals surface area contributed by atoms with Crippen LogP contribution in [-0.4, -0.2) is 17.4 Å². The highest BCUT2D eigenvalue weighted by atomic mass is 35.5. The van der Waals surface area contributed by atoms with Crippen LogP contribution in [0.5, 0.6) is 0 Å². The van der Waals surface area contributed by atoms with E-state index >= 15 is 0 Å². The molecule has 1 atom stereocenters. The van der Waals surface area contributed by atoms with E-state index in [1.54, 1.807) is 12.1 Å². The van der Waals surface area contributed by atoms with Crippen molar-refractivity contribution in [3.8, 4) is 0 Å². The third-order valence-electron chi connectivity index (χ3n) is 4.03. The standard InChI is InChI=1S/C18H18Cl2N2O/c1-2-3-10-22-17(13-9-8-12(19)11-15(13)20)21-16-7-5-4-6-14(16)18(22)23/h4-9,11,17,21H,2-3,10H2,1H3. The van der Waals surface area contributed by atoms with E-state index in [1.807, 2.05) is 35.2 Å². The summed E-state index contributed by atoms with van der Waals surface area (Å²) in [5.41, 5.74) is 2.39. The Labute approximate surface area is 146 Å². The Morgan fingerprint density at radius 1 is 1.17 bits per heavy atom. The van der Waals surface area contributed by atoms with E-state index in [-0.39, 0.29) is 12.1 Å². The maximum atomic E-state index is 12.9. The summed E-state index contributed by atoms with van der Waals surface area (Å²) in [4.78, 5) is 14.7. The van der Waals surface area contributed by atoms with E-state index in [9.17, 15) is 4.79 Å². The van der Waals surface area contributed by atoms with E-state index < -0.39 is 0 Å². The van der Waals surface area contributed by atoms with Crippen LogP contribution < -0.4 is 5.32 Å². The molecule has 1 aliphatic heterocycles. The molecule has 1 aliphatic rings. The number of benzene rings is 2. The number of hydrogen-bond donors (Lipinski definition) is 1. The maximum Gasteiger partial charge on any atom is 0.257 e. The SMILES string of the molecule is CCCCN1C(=O)c2ccccc2NC1c1ccc(Cl)cc1Cl. The van der Waals surface area contributed by atoms with Gasteiger partial charge in [0.05, 0.1) is 5.56 Å². The minimum Gasteiger partial charge on any atom is -0.361 e. The molecule has 1 amide bonds. The summed E-state index contributed by atoms with van der Waals surface area (Å²) >= 11 is 12.4. The third-order valence-corrected chi connectivity index (χ3v) is 4.59. The van der Waals surface area contributed by atoms with E-state index in [4.69, 9.17) is 23.2 Å². The summed E-state index contributed by atoms with van der Waals surface area (Å²) in [6.45, 7) is 2.79. The predicted octanol–water partition coefficient (Wildman–Crippen LogP) is 5.36. The first-order valence-electron chi connectivity index (χ1n) is 7.73. The number of carbonyl (C=O) groups excluding carboxylic acids is 1. The van der Waals surface area contributed by atoms with Crippen molar-refractivity contribution in [2.45, 2.75) is 25.9 Å². The average molecular weight is 349 g/mol. The summed E-state index contributed by atoms with van der Waals surface area (Å²) in [7, 11) is 0. The van der Waals surface area contributed by atoms with Crippen molar-refractivity contribution in [1.82, 2.24) is 4.90 Å². The number of fused-ring (bicyclic) bond motifs is 1. The molecule has 120 valence electrons. The van der Waals surface area contributed by atoms with Gasteiger partial charge in [0.25, 0.3) is 5.91 Å². The van der Waals surface area contributed by atoms with Crippen molar-refractivity contribution in [2.24, 2.45) is 0 Å². The number of carbonyl (C=O) groups is 1. The van der Waals surface area contributed by atoms with Crippen LogP contribution in [0, 0.1) is 0 Å². The molecule has 3 nitrogen and oxygen atoms in total. The van der Waals surface area contributed by atoms with Gasteiger partial charge in [-0.05, 0) is 30.7 Å². The van der Waals surface area contributed by atoms with Gasteiger partial charge in [0.15, 0.2) is 0 Å². The molecule has 0 radical (unpaired) electrons. The lowest BCUT2D eigenvalue weighted by Gasteiger charge is -2.38. The second-order valence-corrected chi connectivity index (χ2v) is 6.45. The predicted molar refractivity (Wildman–Crippen MR) is 95.2 cm³/mol. The fourth-order valence-electron chi connectivity index (χ4n) is 2.82. The van der Waals surface area contributed by atoms with Gasteiger partial charge in [-0.25, -0.2) is 0 Å². The van der Waals surface area contributed by atoms with Gasteiger partial charge < -0.3 is 10.2 Å². The number of nitrogens with zero attached hydrogens (tertiary/aromatic N) is 1. The smallest absolute Gasteiger partial charge is 0.257 e. The van der Waals surface area contributed by atoms with Crippen LogP contribution in [0.1, 0.15) is 41.9 Å². The van der Waals surface area contributed by atoms with Crippen LogP contribution >= 0.6 is 23.2 Å². The fraction of sp³-hybridized carbons (Fsp3) is 0.278. The number of anilines is 1. The zero-order valence-electron chi connectivity index (χ0n) is 12.9. The summed E-state index contributed by atoms with van der Waals surface area (Å²) < 4.78 is 0. The first-order valence-corrected chi connectivity index (χ1v) is 8.49. The van der Waals surface area contributed by atoms with Crippen molar-refractivity contribution in [3.63, 3.8) is 0 Å². The number of halogens is 2. The molecule has 1 N–H and O–H groups in total. The molecule has 0 aromatic heterocycles. The van der Waals surface area contributed by atoms with Crippen LogP contribution in [0.15, 0.2) is 42.5 Å². The van der Waals surface area contributed by atoms with Crippen molar-refractivity contribution < 1.29 is 4.79 Å². The second kappa shape index (κ2) is 6.81. The zero-order chi connectivity index (χ0) is 16.4. The Kier molecular flexibility index (Phi) is 4.79. The van der Waals surface area contributed by atoms with Gasteiger partial charge >= 0.3 is 0 Å². The minimum atomic E-state index is -0.284. The van der Waals surface area contributed by atoms with Crippen LogP contribution in [-0.2, 0) is 0 Å². The lowest BCUT2D eigenvalue weighted by atomic mass is 10.0. The Hall–Kier alpha value is -1.71. The number of rotatable bonds is 4. The first-order chi connectivity index (χ1) is 11.1. The lowest BCUT2D eigenvalue weighted by Crippen LogP contribution is -2.43. The minimum absolute atomic E-state index is 0.0313. The number of amides is 1. The Balaban J connectivity index is 2.04. The van der Waals surface area contributed by atoms with E-state index in [0.717, 1.165) is 24.1 Å². The number of nitrogens with one attached hydrogen (secondary N) is 1. The molecule has 5 heteroatoms. The van der Waals surface area contributed by atoms with Crippen LogP contribution in [0.25, 0.3) is 0 Å². The molecule has 1 unspecified atom stereocenters. The summed E-state index contributed by atoms with van der Waals surface area (Å²) in [6, 6.07) is 13.0. The van der Waals surface area contributed by atoms with Crippen LogP contribution in [0.4, 0.5) is 5.69 Å². The van der Waals surface area contributed by atoms with Gasteiger partial charge in [-0.15, -0.1) is 0 Å². The highest BCUT2D eigenvalue weighted by molar-refractivity contribution is 6.35. The quantitative estimate of drug-likeness (QED) is 0.806. The molecule has 0 spiro atoms. The van der Waals surface area contributed by atoms with E-state index in [2.05, 4.69) is 12.2 Å². The average Bonchev–Trinajstić information content (AvgIpc) is 2.54. The second-order valence-electron chi connectivity index (χ2n) is 5.61. The van der Waals surface area contributed by atoms with Crippen molar-refractivity contribution in [2.75, 3.05) is 11.9 Å². The zero-order valence-corrected chi connectivity index (χ0v) is 14.4. The summed E-state index contributed by atoms with van der Waals surface area (Å²) in [5, 5.41) is 4.58. The maximum absolute atomic E-state index is 12.9. The molecule has 0 saturated carbocycles. The van der Waals surface area contributed by atoms with Crippen molar-refractivity contribution in [1.29, 1.82) is 0 Å². The molecule has 3 rings (SSSR count). The molecule has 2 aromatic rings. The Bertz CT molecular complexity index is 733. The van der Waals surface area contributed by atoms with Gasteiger partial charge in [-0.1, -0.05) is 54.7 Å². The van der Waals surface area contributed by atoms with Crippen LogP contribution in [0.2, 0.25) is 10.0 Å². The largest absolute Gasteiger partial charge is 0.361 e. The molecular weight excluding hydrogens is 331 g/mol. The Morgan fingerprint density at radius 3 is 2.70 bits per heavy atom. The molecule has 0 fully saturated rings. The fourth-order valence-corrected chi connectivity index (χ4v) is 3.33. The van der Waals surface area contributed by atoms with Gasteiger partial charge in [-0.2, -0.15) is 0 Å². The highest BCUT2D eigenvalue weighted by Gasteiger charge is 2.33. The molecule has 2 aromatic carbocycles. The summed E-state index contributed by atoms with van der Waals surface area (Å²) in [6.07, 6.45) is 1.68. The molecule has 23 heavy (non-hydrogen) atoms. The van der Waals surface area contributed by atoms with E-state index in [1.165, 1.54) is 0 Å². The monoisotopic (exact) mass is 348 g/mol. The molecule has 1 heterocycles. The number of hydrogen-bond acceptors (Lipinski definition) is 2. The van der Waals surface area contributed by atoms with Gasteiger partial charge in [0.1, 0.15) is 6.17 Å². The molecule has 0 bridgehead atoms. The van der Waals surface area contributed by atoms with Crippen molar-refractivity contribution >= 4 is 34.8 Å². The van der Waals surface area contributed by atoms with E-state index in [0.29, 0.717) is 22.2 Å². The Morgan fingerprint density at radius 2 is 1.96 bits per heavy atom. The number of para-hydroxylation sites is 1.